The van der Waals surface area contributed by atoms with Gasteiger partial charge in [0.25, 0.3) is 0 Å². The van der Waals surface area contributed by atoms with Gasteiger partial charge in [0.1, 0.15) is 30.1 Å². The molecule has 3 rings (SSSR count). The predicted octanol–water partition coefficient (Wildman–Crippen LogP) is 0.644. The molecular formula is C22H31N5O5. The Morgan fingerprint density at radius 3 is 2.56 bits per heavy atom. The smallest absolute Gasteiger partial charge is 0.248 e. The highest BCUT2D eigenvalue weighted by molar-refractivity contribution is 5.90. The molecule has 10 nitrogen and oxygen atoms in total. The maximum Gasteiger partial charge on any atom is 0.248 e. The lowest BCUT2D eigenvalue weighted by atomic mass is 9.85. The first kappa shape index (κ1) is 23.7. The van der Waals surface area contributed by atoms with Crippen molar-refractivity contribution in [3.63, 3.8) is 0 Å². The van der Waals surface area contributed by atoms with Crippen molar-refractivity contribution >= 4 is 11.8 Å². The number of aliphatic hydroxyl groups excluding tert-OH is 2. The van der Waals surface area contributed by atoms with Crippen molar-refractivity contribution in [1.29, 1.82) is 0 Å². The monoisotopic (exact) mass is 445 g/mol. The molecule has 0 bridgehead atoms. The third-order valence-electron chi connectivity index (χ3n) is 5.48. The van der Waals surface area contributed by atoms with Crippen LogP contribution in [0.5, 0.6) is 5.75 Å². The summed E-state index contributed by atoms with van der Waals surface area (Å²) in [4.78, 5) is 27.2. The van der Waals surface area contributed by atoms with Crippen LogP contribution in [0.15, 0.2) is 30.5 Å². The van der Waals surface area contributed by atoms with Crippen LogP contribution in [0.4, 0.5) is 0 Å². The molecule has 2 amide bonds. The van der Waals surface area contributed by atoms with E-state index in [1.807, 2.05) is 20.8 Å². The summed E-state index contributed by atoms with van der Waals surface area (Å²) in [5.74, 6) is 0.0294. The van der Waals surface area contributed by atoms with Gasteiger partial charge in [-0.2, -0.15) is 0 Å². The van der Waals surface area contributed by atoms with Gasteiger partial charge in [0.05, 0.1) is 18.9 Å². The maximum absolute atomic E-state index is 13.5. The minimum absolute atomic E-state index is 0.0361. The van der Waals surface area contributed by atoms with E-state index in [9.17, 15) is 14.7 Å². The van der Waals surface area contributed by atoms with Crippen molar-refractivity contribution in [1.82, 2.24) is 25.2 Å². The summed E-state index contributed by atoms with van der Waals surface area (Å²) in [7, 11) is 1.51. The molecule has 1 aliphatic rings. The van der Waals surface area contributed by atoms with E-state index >= 15 is 0 Å². The summed E-state index contributed by atoms with van der Waals surface area (Å²) in [6.07, 6.45) is 1.12. The predicted molar refractivity (Wildman–Crippen MR) is 115 cm³/mol. The normalized spacial score (nSPS) is 19.6. The van der Waals surface area contributed by atoms with Crippen LogP contribution in [0.1, 0.15) is 44.5 Å². The number of benzene rings is 1. The van der Waals surface area contributed by atoms with Crippen LogP contribution in [-0.2, 0) is 22.8 Å². The van der Waals surface area contributed by atoms with Crippen LogP contribution in [0, 0.1) is 5.41 Å². The number of nitrogens with zero attached hydrogens (tertiary/aromatic N) is 4. The number of carbonyl (C=O) groups is 2. The Labute approximate surface area is 187 Å². The van der Waals surface area contributed by atoms with Gasteiger partial charge in [0.2, 0.25) is 11.8 Å². The fraction of sp³-hybridized carbons (Fsp3) is 0.545. The van der Waals surface area contributed by atoms with E-state index in [0.29, 0.717) is 11.4 Å². The number of aliphatic hydroxyl groups is 2. The highest BCUT2D eigenvalue weighted by Crippen LogP contribution is 2.34. The Hall–Kier alpha value is -2.98. The minimum Gasteiger partial charge on any atom is -0.487 e. The fourth-order valence-electron chi connectivity index (χ4n) is 3.86. The molecule has 1 aromatic carbocycles. The largest absolute Gasteiger partial charge is 0.487 e. The molecule has 1 saturated heterocycles. The van der Waals surface area contributed by atoms with Crippen molar-refractivity contribution in [3.8, 4) is 5.75 Å². The number of nitrogens with one attached hydrogen (secondary N) is 1. The van der Waals surface area contributed by atoms with E-state index in [2.05, 4.69) is 15.6 Å². The van der Waals surface area contributed by atoms with Crippen molar-refractivity contribution in [2.75, 3.05) is 13.6 Å². The molecule has 0 aliphatic carbocycles. The quantitative estimate of drug-likeness (QED) is 0.570. The standard InChI is InChI=1S/C22H31N5O5/c1-22(2,3)19(21(31)26-11-16(29)9-18(26)20(30)23-4)27-10-15(24-25-27)13-32-17-7-5-14(12-28)6-8-17/h5-8,10,16,18-19,28-29H,9,11-13H2,1-4H3,(H,23,30)/t16?,18?,19-/m1/s1. The molecule has 0 spiro atoms. The molecule has 0 radical (unpaired) electrons. The van der Waals surface area contributed by atoms with E-state index < -0.39 is 23.6 Å². The van der Waals surface area contributed by atoms with Crippen molar-refractivity contribution in [2.24, 2.45) is 5.41 Å². The molecule has 32 heavy (non-hydrogen) atoms. The second-order valence-corrected chi connectivity index (χ2v) is 9.06. The lowest BCUT2D eigenvalue weighted by Gasteiger charge is -2.34. The molecular weight excluding hydrogens is 414 g/mol. The highest BCUT2D eigenvalue weighted by Gasteiger charge is 2.44. The number of hydrogen-bond acceptors (Lipinski definition) is 7. The average molecular weight is 446 g/mol. The minimum atomic E-state index is -0.751. The van der Waals surface area contributed by atoms with E-state index in [1.165, 1.54) is 16.6 Å². The van der Waals surface area contributed by atoms with Crippen LogP contribution in [0.2, 0.25) is 0 Å². The second kappa shape index (κ2) is 9.66. The summed E-state index contributed by atoms with van der Waals surface area (Å²) in [5, 5.41) is 30.1. The summed E-state index contributed by atoms with van der Waals surface area (Å²) >= 11 is 0. The Kier molecular flexibility index (Phi) is 7.15. The van der Waals surface area contributed by atoms with Gasteiger partial charge in [-0.1, -0.05) is 38.1 Å². The Morgan fingerprint density at radius 1 is 1.28 bits per heavy atom. The number of hydrogen-bond donors (Lipinski definition) is 3. The molecule has 2 aromatic rings. The van der Waals surface area contributed by atoms with Crippen LogP contribution in [0.25, 0.3) is 0 Å². The number of likely N-dealkylation sites (N-methyl/N-ethyl adjacent to an activating group) is 1. The Bertz CT molecular complexity index is 937. The number of rotatable bonds is 7. The number of amides is 2. The van der Waals surface area contributed by atoms with Gasteiger partial charge >= 0.3 is 0 Å². The first-order valence-corrected chi connectivity index (χ1v) is 10.6. The lowest BCUT2D eigenvalue weighted by molar-refractivity contribution is -0.144. The van der Waals surface area contributed by atoms with Gasteiger partial charge in [0, 0.05) is 20.0 Å². The zero-order valence-electron chi connectivity index (χ0n) is 18.9. The Morgan fingerprint density at radius 2 is 1.97 bits per heavy atom. The molecule has 3 N–H and O–H groups in total. The first-order valence-electron chi connectivity index (χ1n) is 10.6. The number of aromatic nitrogens is 3. The topological polar surface area (TPSA) is 130 Å². The number of ether oxygens (including phenoxy) is 1. The van der Waals surface area contributed by atoms with Crippen LogP contribution >= 0.6 is 0 Å². The number of likely N-dealkylation sites (tertiary alicyclic amines) is 1. The molecule has 10 heteroatoms. The van der Waals surface area contributed by atoms with Gasteiger partial charge in [-0.3, -0.25) is 9.59 Å². The van der Waals surface area contributed by atoms with Gasteiger partial charge < -0.3 is 25.2 Å². The van der Waals surface area contributed by atoms with Crippen LogP contribution in [-0.4, -0.2) is 67.7 Å². The molecule has 0 saturated carbocycles. The summed E-state index contributed by atoms with van der Waals surface area (Å²) in [5.41, 5.74) is 0.809. The lowest BCUT2D eigenvalue weighted by Crippen LogP contribution is -2.49. The van der Waals surface area contributed by atoms with Crippen molar-refractivity contribution in [3.05, 3.63) is 41.7 Å². The molecule has 2 heterocycles. The van der Waals surface area contributed by atoms with Crippen LogP contribution in [0.3, 0.4) is 0 Å². The summed E-state index contributed by atoms with van der Waals surface area (Å²) in [6, 6.07) is 5.62. The molecule has 1 aliphatic heterocycles. The molecule has 1 aromatic heterocycles. The zero-order valence-corrected chi connectivity index (χ0v) is 18.9. The van der Waals surface area contributed by atoms with Crippen molar-refractivity contribution < 1.29 is 24.5 Å². The second-order valence-electron chi connectivity index (χ2n) is 9.06. The van der Waals surface area contributed by atoms with Crippen molar-refractivity contribution in [2.45, 2.75) is 58.6 Å². The number of carbonyl (C=O) groups excluding carboxylic acids is 2. The maximum atomic E-state index is 13.5. The molecule has 3 atom stereocenters. The summed E-state index contributed by atoms with van der Waals surface area (Å²) in [6.45, 7) is 5.96. The Balaban J connectivity index is 1.77. The molecule has 2 unspecified atom stereocenters. The number of β-amino-alcohol motifs (C(OH)–C–C–N with tert-alkyl or cyclic N) is 1. The van der Waals surface area contributed by atoms with E-state index in [0.717, 1.165) is 5.56 Å². The van der Waals surface area contributed by atoms with Gasteiger partial charge in [0.15, 0.2) is 0 Å². The van der Waals surface area contributed by atoms with Crippen LogP contribution < -0.4 is 10.1 Å². The fourth-order valence-corrected chi connectivity index (χ4v) is 3.86. The first-order chi connectivity index (χ1) is 15.1. The SMILES string of the molecule is CNC(=O)C1CC(O)CN1C(=O)[C@@H](n1cc(COc2ccc(CO)cc2)nn1)C(C)(C)C. The van der Waals surface area contributed by atoms with Gasteiger partial charge in [-0.25, -0.2) is 4.68 Å². The summed E-state index contributed by atoms with van der Waals surface area (Å²) < 4.78 is 7.23. The van der Waals surface area contributed by atoms with Gasteiger partial charge in [-0.05, 0) is 23.1 Å². The highest BCUT2D eigenvalue weighted by atomic mass is 16.5. The molecule has 1 fully saturated rings. The van der Waals surface area contributed by atoms with Gasteiger partial charge in [-0.15, -0.1) is 5.10 Å². The van der Waals surface area contributed by atoms with E-state index in [4.69, 9.17) is 9.84 Å². The zero-order chi connectivity index (χ0) is 23.5. The van der Waals surface area contributed by atoms with E-state index in [1.54, 1.807) is 30.5 Å². The average Bonchev–Trinajstić information content (AvgIpc) is 3.37. The third-order valence-corrected chi connectivity index (χ3v) is 5.48. The third kappa shape index (κ3) is 5.25. The molecule has 174 valence electrons. The van der Waals surface area contributed by atoms with E-state index in [-0.39, 0.29) is 38.0 Å².